The van der Waals surface area contributed by atoms with Gasteiger partial charge in [0.05, 0.1) is 17.7 Å². The van der Waals surface area contributed by atoms with Gasteiger partial charge in [-0.25, -0.2) is 0 Å². The molecule has 8 heteroatoms. The fourth-order valence-corrected chi connectivity index (χ4v) is 4.58. The average Bonchev–Trinajstić information content (AvgIpc) is 3.24. The van der Waals surface area contributed by atoms with E-state index in [1.54, 1.807) is 18.4 Å². The molecule has 1 saturated carbocycles. The van der Waals surface area contributed by atoms with E-state index in [1.807, 2.05) is 35.7 Å². The Labute approximate surface area is 172 Å². The molecule has 6 nitrogen and oxygen atoms in total. The standard InChI is InChI=1S/C20H22N4O2S2/c1-26-16-6-3-2-5-14(16)10-11-21-18(25)13-28-20-23-22-19(17-7-4-12-27-17)24(20)15-8-9-15/h2-7,12,15H,8-11,13H2,1H3,(H,21,25). The van der Waals surface area contributed by atoms with Crippen LogP contribution in [-0.2, 0) is 11.2 Å². The molecular weight excluding hydrogens is 392 g/mol. The molecule has 1 fully saturated rings. The number of thioether (sulfide) groups is 1. The third-order valence-electron chi connectivity index (χ3n) is 4.56. The Morgan fingerprint density at radius 2 is 2.14 bits per heavy atom. The predicted molar refractivity (Wildman–Crippen MR) is 112 cm³/mol. The summed E-state index contributed by atoms with van der Waals surface area (Å²) in [6.07, 6.45) is 3.03. The molecule has 4 rings (SSSR count). The van der Waals surface area contributed by atoms with Gasteiger partial charge in [0.2, 0.25) is 5.91 Å². The molecule has 0 spiro atoms. The zero-order chi connectivity index (χ0) is 19.3. The predicted octanol–water partition coefficient (Wildman–Crippen LogP) is 3.80. The largest absolute Gasteiger partial charge is 0.496 e. The van der Waals surface area contributed by atoms with Crippen LogP contribution in [0.3, 0.4) is 0 Å². The molecule has 146 valence electrons. The summed E-state index contributed by atoms with van der Waals surface area (Å²) in [5, 5.41) is 14.6. The molecule has 2 heterocycles. The number of rotatable bonds is 9. The van der Waals surface area contributed by atoms with Crippen molar-refractivity contribution < 1.29 is 9.53 Å². The average molecular weight is 415 g/mol. The van der Waals surface area contributed by atoms with Crippen molar-refractivity contribution in [1.82, 2.24) is 20.1 Å². The lowest BCUT2D eigenvalue weighted by Crippen LogP contribution is -2.27. The van der Waals surface area contributed by atoms with Crippen molar-refractivity contribution in [3.63, 3.8) is 0 Å². The van der Waals surface area contributed by atoms with E-state index in [1.165, 1.54) is 11.8 Å². The molecule has 0 bridgehead atoms. The summed E-state index contributed by atoms with van der Waals surface area (Å²) in [4.78, 5) is 13.4. The van der Waals surface area contributed by atoms with Crippen molar-refractivity contribution >= 4 is 29.0 Å². The van der Waals surface area contributed by atoms with E-state index in [9.17, 15) is 4.79 Å². The summed E-state index contributed by atoms with van der Waals surface area (Å²) >= 11 is 3.12. The fourth-order valence-electron chi connectivity index (χ4n) is 3.04. The number of carbonyl (C=O) groups excluding carboxylic acids is 1. The third-order valence-corrected chi connectivity index (χ3v) is 6.37. The first-order valence-electron chi connectivity index (χ1n) is 9.26. The van der Waals surface area contributed by atoms with E-state index < -0.39 is 0 Å². The van der Waals surface area contributed by atoms with Gasteiger partial charge in [0.25, 0.3) is 0 Å². The van der Waals surface area contributed by atoms with Gasteiger partial charge >= 0.3 is 0 Å². The summed E-state index contributed by atoms with van der Waals surface area (Å²) < 4.78 is 7.54. The van der Waals surface area contributed by atoms with Crippen molar-refractivity contribution in [3.8, 4) is 16.5 Å². The van der Waals surface area contributed by atoms with Gasteiger partial charge in [-0.2, -0.15) is 0 Å². The number of thiophene rings is 1. The van der Waals surface area contributed by atoms with Gasteiger partial charge in [0, 0.05) is 12.6 Å². The van der Waals surface area contributed by atoms with Crippen molar-refractivity contribution in [2.24, 2.45) is 0 Å². The van der Waals surface area contributed by atoms with Crippen LogP contribution < -0.4 is 10.1 Å². The zero-order valence-corrected chi connectivity index (χ0v) is 17.3. The number of benzene rings is 1. The zero-order valence-electron chi connectivity index (χ0n) is 15.6. The lowest BCUT2D eigenvalue weighted by molar-refractivity contribution is -0.118. The number of para-hydroxylation sites is 1. The van der Waals surface area contributed by atoms with Crippen LogP contribution in [0, 0.1) is 0 Å². The number of amides is 1. The summed E-state index contributed by atoms with van der Waals surface area (Å²) in [7, 11) is 1.66. The molecule has 3 aromatic rings. The molecule has 28 heavy (non-hydrogen) atoms. The molecule has 1 aliphatic rings. The number of methoxy groups -OCH3 is 1. The molecule has 1 aromatic carbocycles. The second kappa shape index (κ2) is 8.79. The molecule has 0 atom stereocenters. The molecule has 1 amide bonds. The quantitative estimate of drug-likeness (QED) is 0.540. The Bertz CT molecular complexity index is 936. The first-order valence-corrected chi connectivity index (χ1v) is 11.1. The SMILES string of the molecule is COc1ccccc1CCNC(=O)CSc1nnc(-c2cccs2)n1C1CC1. The number of hydrogen-bond acceptors (Lipinski definition) is 6. The number of carbonyl (C=O) groups is 1. The Balaban J connectivity index is 1.32. The molecule has 0 unspecified atom stereocenters. The molecule has 2 aromatic heterocycles. The van der Waals surface area contributed by atoms with Crippen molar-refractivity contribution in [2.45, 2.75) is 30.5 Å². The van der Waals surface area contributed by atoms with Crippen LogP contribution in [0.5, 0.6) is 5.75 Å². The minimum atomic E-state index is 0.00270. The van der Waals surface area contributed by atoms with Crippen LogP contribution in [0.2, 0.25) is 0 Å². The highest BCUT2D eigenvalue weighted by Gasteiger charge is 2.30. The van der Waals surface area contributed by atoms with Crippen molar-refractivity contribution in [2.75, 3.05) is 19.4 Å². The third kappa shape index (κ3) is 4.39. The van der Waals surface area contributed by atoms with Gasteiger partial charge in [-0.15, -0.1) is 21.5 Å². The number of aromatic nitrogens is 3. The van der Waals surface area contributed by atoms with Crippen LogP contribution in [-0.4, -0.2) is 40.1 Å². The van der Waals surface area contributed by atoms with Crippen molar-refractivity contribution in [1.29, 1.82) is 0 Å². The van der Waals surface area contributed by atoms with Crippen LogP contribution in [0.4, 0.5) is 0 Å². The van der Waals surface area contributed by atoms with Gasteiger partial charge in [0.1, 0.15) is 5.75 Å². The smallest absolute Gasteiger partial charge is 0.230 e. The van der Waals surface area contributed by atoms with Gasteiger partial charge < -0.3 is 10.1 Å². The lowest BCUT2D eigenvalue weighted by atomic mass is 10.1. The molecule has 0 aliphatic heterocycles. The van der Waals surface area contributed by atoms with Crippen molar-refractivity contribution in [3.05, 3.63) is 47.3 Å². The van der Waals surface area contributed by atoms with Crippen LogP contribution in [0.1, 0.15) is 24.4 Å². The molecule has 0 radical (unpaired) electrons. The highest BCUT2D eigenvalue weighted by Crippen LogP contribution is 2.41. The summed E-state index contributed by atoms with van der Waals surface area (Å²) in [5.41, 5.74) is 1.09. The molecule has 1 aliphatic carbocycles. The van der Waals surface area contributed by atoms with Crippen LogP contribution in [0.25, 0.3) is 10.7 Å². The second-order valence-electron chi connectivity index (χ2n) is 6.59. The van der Waals surface area contributed by atoms with Gasteiger partial charge in [-0.05, 0) is 42.3 Å². The van der Waals surface area contributed by atoms with E-state index >= 15 is 0 Å². The Kier molecular flexibility index (Phi) is 5.97. The van der Waals surface area contributed by atoms with Gasteiger partial charge in [-0.1, -0.05) is 36.0 Å². The maximum atomic E-state index is 12.3. The van der Waals surface area contributed by atoms with Crippen LogP contribution in [0.15, 0.2) is 46.9 Å². The fraction of sp³-hybridized carbons (Fsp3) is 0.350. The summed E-state index contributed by atoms with van der Waals surface area (Å²) in [6, 6.07) is 12.4. The Hall–Kier alpha value is -2.32. The van der Waals surface area contributed by atoms with Gasteiger partial charge in [-0.3, -0.25) is 9.36 Å². The Morgan fingerprint density at radius 3 is 2.89 bits per heavy atom. The van der Waals surface area contributed by atoms with E-state index in [0.29, 0.717) is 18.3 Å². The maximum absolute atomic E-state index is 12.3. The first-order chi connectivity index (χ1) is 13.8. The normalized spacial score (nSPS) is 13.5. The van der Waals surface area contributed by atoms with E-state index in [4.69, 9.17) is 4.74 Å². The maximum Gasteiger partial charge on any atom is 0.230 e. The second-order valence-corrected chi connectivity index (χ2v) is 8.48. The highest BCUT2D eigenvalue weighted by molar-refractivity contribution is 7.99. The summed E-state index contributed by atoms with van der Waals surface area (Å²) in [5.74, 6) is 2.10. The summed E-state index contributed by atoms with van der Waals surface area (Å²) in [6.45, 7) is 0.579. The number of hydrogen-bond donors (Lipinski definition) is 1. The molecule has 0 saturated heterocycles. The number of nitrogens with zero attached hydrogens (tertiary/aromatic N) is 3. The minimum absolute atomic E-state index is 0.00270. The number of nitrogens with one attached hydrogen (secondary N) is 1. The first kappa shape index (κ1) is 19.0. The van der Waals surface area contributed by atoms with E-state index in [0.717, 1.165) is 46.4 Å². The molecular formula is C20H22N4O2S2. The number of ether oxygens (including phenoxy) is 1. The lowest BCUT2D eigenvalue weighted by Gasteiger charge is -2.10. The van der Waals surface area contributed by atoms with E-state index in [2.05, 4.69) is 26.1 Å². The van der Waals surface area contributed by atoms with E-state index in [-0.39, 0.29) is 5.91 Å². The minimum Gasteiger partial charge on any atom is -0.496 e. The highest BCUT2D eigenvalue weighted by atomic mass is 32.2. The Morgan fingerprint density at radius 1 is 1.29 bits per heavy atom. The monoisotopic (exact) mass is 414 g/mol. The van der Waals surface area contributed by atoms with Gasteiger partial charge in [0.15, 0.2) is 11.0 Å². The topological polar surface area (TPSA) is 69.0 Å². The van der Waals surface area contributed by atoms with Crippen LogP contribution >= 0.6 is 23.1 Å². The molecule has 1 N–H and O–H groups in total.